The summed E-state index contributed by atoms with van der Waals surface area (Å²) >= 11 is 1.61. The summed E-state index contributed by atoms with van der Waals surface area (Å²) in [6.45, 7) is 1.08. The number of methoxy groups -OCH3 is 1. The highest BCUT2D eigenvalue weighted by atomic mass is 32.2. The van der Waals surface area contributed by atoms with Gasteiger partial charge in [-0.05, 0) is 47.4 Å². The molecule has 0 saturated carbocycles. The van der Waals surface area contributed by atoms with Crippen LogP contribution in [0.1, 0.15) is 39.9 Å². The Hall–Kier alpha value is -4.24. The molecule has 49 heavy (non-hydrogen) atoms. The van der Waals surface area contributed by atoms with E-state index in [0.29, 0.717) is 38.2 Å². The molecule has 1 heterocycles. The Morgan fingerprint density at radius 2 is 1.08 bits per heavy atom. The molecule has 0 amide bonds. The molecule has 5 aromatic carbocycles. The highest BCUT2D eigenvalue weighted by Crippen LogP contribution is 2.39. The Morgan fingerprint density at radius 1 is 0.592 bits per heavy atom. The second-order valence-electron chi connectivity index (χ2n) is 11.9. The van der Waals surface area contributed by atoms with E-state index in [9.17, 15) is 4.79 Å². The maximum atomic E-state index is 13.4. The van der Waals surface area contributed by atoms with Crippen LogP contribution in [-0.4, -0.2) is 42.7 Å². The number of rotatable bonds is 16. The number of ether oxygens (including phenoxy) is 5. The van der Waals surface area contributed by atoms with Crippen LogP contribution >= 0.6 is 11.8 Å². The first-order valence-electron chi connectivity index (χ1n) is 16.7. The maximum absolute atomic E-state index is 13.4. The lowest BCUT2D eigenvalue weighted by molar-refractivity contribution is -0.247. The van der Waals surface area contributed by atoms with Crippen molar-refractivity contribution in [2.24, 2.45) is 0 Å². The Bertz CT molecular complexity index is 1690. The van der Waals surface area contributed by atoms with Gasteiger partial charge in [0.2, 0.25) is 0 Å². The molecule has 1 fully saturated rings. The van der Waals surface area contributed by atoms with Crippen molar-refractivity contribution in [3.05, 3.63) is 168 Å². The first kappa shape index (κ1) is 34.6. The lowest BCUT2D eigenvalue weighted by Crippen LogP contribution is -2.59. The quantitative estimate of drug-likeness (QED) is 0.0969. The van der Waals surface area contributed by atoms with Gasteiger partial charge in [-0.3, -0.25) is 4.79 Å². The zero-order chi connectivity index (χ0) is 33.7. The summed E-state index contributed by atoms with van der Waals surface area (Å²) in [4.78, 5) is 14.4. The summed E-state index contributed by atoms with van der Waals surface area (Å²) in [7, 11) is 1.65. The summed E-state index contributed by atoms with van der Waals surface area (Å²) in [6.07, 6.45) is -1.19. The van der Waals surface area contributed by atoms with Gasteiger partial charge in [0.25, 0.3) is 0 Å². The van der Waals surface area contributed by atoms with Crippen molar-refractivity contribution in [3.8, 4) is 5.75 Å². The van der Waals surface area contributed by atoms with Crippen LogP contribution in [-0.2, 0) is 38.8 Å². The first-order chi connectivity index (χ1) is 24.2. The molecule has 0 aliphatic carbocycles. The monoisotopic (exact) mass is 674 g/mol. The van der Waals surface area contributed by atoms with Gasteiger partial charge >= 0.3 is 0 Å². The molecule has 0 N–H and O–H groups in total. The molecular weight excluding hydrogens is 633 g/mol. The van der Waals surface area contributed by atoms with Crippen LogP contribution < -0.4 is 4.74 Å². The predicted molar refractivity (Wildman–Crippen MR) is 193 cm³/mol. The molecule has 0 aromatic heterocycles. The van der Waals surface area contributed by atoms with Crippen molar-refractivity contribution in [3.63, 3.8) is 0 Å². The third-order valence-corrected chi connectivity index (χ3v) is 9.67. The third-order valence-electron chi connectivity index (χ3n) is 8.51. The van der Waals surface area contributed by atoms with Gasteiger partial charge in [0.05, 0.1) is 33.0 Å². The van der Waals surface area contributed by atoms with E-state index in [2.05, 4.69) is 36.4 Å². The largest absolute Gasteiger partial charge is 0.497 e. The van der Waals surface area contributed by atoms with Gasteiger partial charge < -0.3 is 23.7 Å². The van der Waals surface area contributed by atoms with E-state index in [-0.39, 0.29) is 5.78 Å². The van der Waals surface area contributed by atoms with Gasteiger partial charge in [-0.25, -0.2) is 0 Å². The van der Waals surface area contributed by atoms with E-state index in [1.54, 1.807) is 18.9 Å². The Balaban J connectivity index is 1.33. The van der Waals surface area contributed by atoms with E-state index in [4.69, 9.17) is 23.7 Å². The Labute approximate surface area is 293 Å². The van der Waals surface area contributed by atoms with Crippen LogP contribution in [0.2, 0.25) is 0 Å². The van der Waals surface area contributed by atoms with Gasteiger partial charge in [0.1, 0.15) is 29.5 Å². The van der Waals surface area contributed by atoms with Gasteiger partial charge in [-0.1, -0.05) is 133 Å². The Morgan fingerprint density at radius 3 is 1.65 bits per heavy atom. The van der Waals surface area contributed by atoms with Gasteiger partial charge in [-0.15, -0.1) is 0 Å². The van der Waals surface area contributed by atoms with E-state index < -0.39 is 29.9 Å². The summed E-state index contributed by atoms with van der Waals surface area (Å²) in [6, 6.07) is 47.7. The van der Waals surface area contributed by atoms with Crippen LogP contribution in [0.25, 0.3) is 0 Å². The molecule has 1 aliphatic rings. The fourth-order valence-corrected chi connectivity index (χ4v) is 7.04. The number of thioether (sulfide) groups is 1. The molecule has 0 spiro atoms. The van der Waals surface area contributed by atoms with E-state index >= 15 is 0 Å². The molecule has 6 nitrogen and oxygen atoms in total. The number of hydrogen-bond acceptors (Lipinski definition) is 7. The van der Waals surface area contributed by atoms with Gasteiger partial charge in [-0.2, -0.15) is 0 Å². The lowest BCUT2D eigenvalue weighted by Gasteiger charge is -2.46. The molecule has 1 saturated heterocycles. The van der Waals surface area contributed by atoms with Crippen molar-refractivity contribution >= 4 is 17.5 Å². The van der Waals surface area contributed by atoms with Crippen molar-refractivity contribution in [1.82, 2.24) is 0 Å². The number of ketones is 1. The lowest BCUT2D eigenvalue weighted by atomic mass is 9.94. The summed E-state index contributed by atoms with van der Waals surface area (Å²) in [5, 5.41) is 0. The van der Waals surface area contributed by atoms with Crippen molar-refractivity contribution in [2.45, 2.75) is 67.4 Å². The minimum absolute atomic E-state index is 0.0644. The average Bonchev–Trinajstić information content (AvgIpc) is 3.17. The number of carbonyl (C=O) groups is 1. The topological polar surface area (TPSA) is 63.2 Å². The normalized spacial score (nSPS) is 20.5. The molecule has 252 valence electrons. The van der Waals surface area contributed by atoms with Crippen LogP contribution in [0.5, 0.6) is 5.75 Å². The smallest absolute Gasteiger partial charge is 0.162 e. The molecule has 7 heteroatoms. The van der Waals surface area contributed by atoms with Crippen molar-refractivity contribution < 1.29 is 28.5 Å². The van der Waals surface area contributed by atoms with E-state index in [1.165, 1.54) is 0 Å². The van der Waals surface area contributed by atoms with Crippen molar-refractivity contribution in [2.75, 3.05) is 7.11 Å². The highest BCUT2D eigenvalue weighted by molar-refractivity contribution is 7.99. The average molecular weight is 675 g/mol. The van der Waals surface area contributed by atoms with Crippen LogP contribution in [0.3, 0.4) is 0 Å². The van der Waals surface area contributed by atoms with Crippen LogP contribution in [0.15, 0.2) is 150 Å². The van der Waals surface area contributed by atoms with Crippen molar-refractivity contribution in [1.29, 1.82) is 0 Å². The zero-order valence-corrected chi connectivity index (χ0v) is 28.5. The fourth-order valence-electron chi connectivity index (χ4n) is 5.90. The zero-order valence-electron chi connectivity index (χ0n) is 27.6. The number of Topliss-reactive ketones (excluding diaryl/α,β-unsaturated/α-hetero) is 1. The SMILES string of the molecule is COc1ccc(CO[C@H]2[C@H](OCc3ccccc3)[C@H](OCc3ccccc3)[C@@H](Sc3ccccc3)O[C@@H]2CCC(=O)c2ccccc2)cc1. The Kier molecular flexibility index (Phi) is 12.7. The number of hydrogen-bond donors (Lipinski definition) is 0. The van der Waals surface area contributed by atoms with Crippen LogP contribution in [0, 0.1) is 0 Å². The summed E-state index contributed by atoms with van der Waals surface area (Å²) in [5.41, 5.74) is 3.35. The second-order valence-corrected chi connectivity index (χ2v) is 13.1. The van der Waals surface area contributed by atoms with Crippen LogP contribution in [0.4, 0.5) is 0 Å². The second kappa shape index (κ2) is 18.0. The standard InChI is InChI=1S/C42H42O6S/c1-44-35-24-22-33(23-25-35)30-45-39-38(27-26-37(43)34-18-10-4-11-19-34)48-42(49-36-20-12-5-13-21-36)41(47-29-32-16-8-3-9-17-32)40(39)46-28-31-14-6-2-7-15-31/h2-25,38-42H,26-30H2,1H3/t38-,39-,40+,41+,42-/m1/s1. The molecule has 5 atom stereocenters. The number of carbonyl (C=O) groups excluding carboxylic acids is 1. The molecular formula is C42H42O6S. The maximum Gasteiger partial charge on any atom is 0.162 e. The molecule has 6 rings (SSSR count). The minimum atomic E-state index is -0.525. The molecule has 0 radical (unpaired) electrons. The molecule has 5 aromatic rings. The molecule has 0 unspecified atom stereocenters. The molecule has 1 aliphatic heterocycles. The minimum Gasteiger partial charge on any atom is -0.497 e. The summed E-state index contributed by atoms with van der Waals surface area (Å²) < 4.78 is 32.7. The van der Waals surface area contributed by atoms with E-state index in [0.717, 1.165) is 27.3 Å². The highest BCUT2D eigenvalue weighted by Gasteiger charge is 2.48. The summed E-state index contributed by atoms with van der Waals surface area (Å²) in [5.74, 6) is 0.843. The third kappa shape index (κ3) is 9.91. The number of benzene rings is 5. The first-order valence-corrected chi connectivity index (χ1v) is 17.6. The predicted octanol–water partition coefficient (Wildman–Crippen LogP) is 8.93. The fraction of sp³-hybridized carbons (Fsp3) is 0.262. The van der Waals surface area contributed by atoms with Gasteiger partial charge in [0, 0.05) is 16.9 Å². The van der Waals surface area contributed by atoms with Gasteiger partial charge in [0.15, 0.2) is 5.78 Å². The van der Waals surface area contributed by atoms with E-state index in [1.807, 2.05) is 109 Å². The molecule has 0 bridgehead atoms.